The highest BCUT2D eigenvalue weighted by Crippen LogP contribution is 2.22. The summed E-state index contributed by atoms with van der Waals surface area (Å²) in [5.41, 5.74) is 0. The predicted octanol–water partition coefficient (Wildman–Crippen LogP) is -1.40. The number of carbonyl (C=O) groups is 1. The minimum absolute atomic E-state index is 0.478. The number of aliphatic carboxylic acids is 1. The van der Waals surface area contributed by atoms with Gasteiger partial charge in [-0.05, 0) is 7.05 Å². The first kappa shape index (κ1) is 10.4. The SMILES string of the molecule is CN1C[C@H]1S(=O)(=O)N(C)CC(=O)O. The Bertz CT molecular complexity index is 313. The van der Waals surface area contributed by atoms with Crippen molar-refractivity contribution in [3.05, 3.63) is 0 Å². The fraction of sp³-hybridized carbons (Fsp3) is 0.833. The highest BCUT2D eigenvalue weighted by Gasteiger charge is 2.44. The molecule has 2 atom stereocenters. The highest BCUT2D eigenvalue weighted by molar-refractivity contribution is 7.90. The van der Waals surface area contributed by atoms with Crippen LogP contribution in [0.2, 0.25) is 0 Å². The first-order valence-corrected chi connectivity index (χ1v) is 5.23. The standard InChI is InChI=1S/C6H12N2O4S/c1-7-3-5(7)13(11,12)8(2)4-6(9)10/h5H,3-4H2,1-2H3,(H,9,10)/t5-,7?/m1/s1. The van der Waals surface area contributed by atoms with Crippen LogP contribution in [0.5, 0.6) is 0 Å². The fourth-order valence-electron chi connectivity index (χ4n) is 1.01. The molecule has 0 bridgehead atoms. The van der Waals surface area contributed by atoms with E-state index in [0.29, 0.717) is 6.54 Å². The molecule has 0 aliphatic carbocycles. The molecule has 1 rings (SSSR count). The Morgan fingerprint density at radius 3 is 2.46 bits per heavy atom. The van der Waals surface area contributed by atoms with Crippen molar-refractivity contribution in [3.8, 4) is 0 Å². The molecule has 1 heterocycles. The zero-order valence-corrected chi connectivity index (χ0v) is 8.28. The summed E-state index contributed by atoms with van der Waals surface area (Å²) >= 11 is 0. The summed E-state index contributed by atoms with van der Waals surface area (Å²) in [6, 6.07) is 0. The van der Waals surface area contributed by atoms with Gasteiger partial charge in [-0.2, -0.15) is 4.31 Å². The zero-order valence-electron chi connectivity index (χ0n) is 7.47. The van der Waals surface area contributed by atoms with Crippen molar-refractivity contribution in [1.29, 1.82) is 0 Å². The number of rotatable bonds is 4. The summed E-state index contributed by atoms with van der Waals surface area (Å²) in [5, 5.41) is 7.86. The molecule has 0 aromatic rings. The predicted molar refractivity (Wildman–Crippen MR) is 45.6 cm³/mol. The molecular weight excluding hydrogens is 196 g/mol. The van der Waals surface area contributed by atoms with Gasteiger partial charge in [0.2, 0.25) is 10.0 Å². The molecule has 1 aliphatic heterocycles. The number of carboxylic acids is 1. The second-order valence-corrected chi connectivity index (χ2v) is 5.29. The lowest BCUT2D eigenvalue weighted by atomic mass is 10.7. The van der Waals surface area contributed by atoms with Crippen LogP contribution in [0.3, 0.4) is 0 Å². The van der Waals surface area contributed by atoms with E-state index in [0.717, 1.165) is 4.31 Å². The van der Waals surface area contributed by atoms with Crippen LogP contribution in [0.25, 0.3) is 0 Å². The number of carboxylic acid groups (broad SMARTS) is 1. The first-order valence-electron chi connectivity index (χ1n) is 3.73. The number of nitrogens with zero attached hydrogens (tertiary/aromatic N) is 2. The van der Waals surface area contributed by atoms with Crippen molar-refractivity contribution in [2.24, 2.45) is 0 Å². The minimum Gasteiger partial charge on any atom is -0.480 e. The largest absolute Gasteiger partial charge is 0.480 e. The molecule has 0 saturated carbocycles. The van der Waals surface area contributed by atoms with E-state index < -0.39 is 27.9 Å². The smallest absolute Gasteiger partial charge is 0.318 e. The Labute approximate surface area is 76.8 Å². The molecule has 0 radical (unpaired) electrons. The molecule has 1 unspecified atom stereocenters. The van der Waals surface area contributed by atoms with E-state index in [1.54, 1.807) is 11.9 Å². The molecule has 1 saturated heterocycles. The summed E-state index contributed by atoms with van der Waals surface area (Å²) in [6.45, 7) is -0.00103. The van der Waals surface area contributed by atoms with E-state index in [9.17, 15) is 13.2 Å². The summed E-state index contributed by atoms with van der Waals surface area (Å²) in [4.78, 5) is 11.9. The Balaban J connectivity index is 2.65. The van der Waals surface area contributed by atoms with Crippen LogP contribution in [-0.2, 0) is 14.8 Å². The maximum absolute atomic E-state index is 11.5. The van der Waals surface area contributed by atoms with Crippen LogP contribution >= 0.6 is 0 Å². The third-order valence-corrected chi connectivity index (χ3v) is 4.13. The van der Waals surface area contributed by atoms with Crippen LogP contribution in [0, 0.1) is 0 Å². The van der Waals surface area contributed by atoms with E-state index >= 15 is 0 Å². The molecule has 0 spiro atoms. The molecule has 0 amide bonds. The summed E-state index contributed by atoms with van der Waals surface area (Å²) in [6.07, 6.45) is 0. The summed E-state index contributed by atoms with van der Waals surface area (Å²) in [7, 11) is -0.481. The maximum Gasteiger partial charge on any atom is 0.318 e. The zero-order chi connectivity index (χ0) is 10.2. The monoisotopic (exact) mass is 208 g/mol. The minimum atomic E-state index is -3.43. The van der Waals surface area contributed by atoms with Crippen molar-refractivity contribution >= 4 is 16.0 Å². The topological polar surface area (TPSA) is 77.7 Å². The molecule has 7 heteroatoms. The molecule has 0 aromatic carbocycles. The van der Waals surface area contributed by atoms with Crippen molar-refractivity contribution in [3.63, 3.8) is 0 Å². The van der Waals surface area contributed by atoms with Gasteiger partial charge >= 0.3 is 5.97 Å². The molecule has 13 heavy (non-hydrogen) atoms. The van der Waals surface area contributed by atoms with E-state index in [1.807, 2.05) is 0 Å². The van der Waals surface area contributed by atoms with Crippen LogP contribution in [0.4, 0.5) is 0 Å². The van der Waals surface area contributed by atoms with Gasteiger partial charge in [-0.1, -0.05) is 0 Å². The van der Waals surface area contributed by atoms with E-state index in [4.69, 9.17) is 5.11 Å². The Kier molecular flexibility index (Phi) is 2.60. The van der Waals surface area contributed by atoms with Gasteiger partial charge in [0.1, 0.15) is 11.9 Å². The van der Waals surface area contributed by atoms with Gasteiger partial charge in [0.25, 0.3) is 0 Å². The number of hydrogen-bond donors (Lipinski definition) is 1. The van der Waals surface area contributed by atoms with Gasteiger partial charge in [0.05, 0.1) is 0 Å². The van der Waals surface area contributed by atoms with Gasteiger partial charge in [0.15, 0.2) is 0 Å². The number of likely N-dealkylation sites (N-methyl/N-ethyl adjacent to an activating group) is 2. The third-order valence-electron chi connectivity index (χ3n) is 1.94. The Morgan fingerprint density at radius 2 is 2.15 bits per heavy atom. The van der Waals surface area contributed by atoms with Gasteiger partial charge in [-0.25, -0.2) is 8.42 Å². The lowest BCUT2D eigenvalue weighted by Crippen LogP contribution is -2.35. The van der Waals surface area contributed by atoms with Crippen LogP contribution in [0.15, 0.2) is 0 Å². The lowest BCUT2D eigenvalue weighted by molar-refractivity contribution is -0.137. The molecule has 1 N–H and O–H groups in total. The van der Waals surface area contributed by atoms with Crippen molar-refractivity contribution in [2.45, 2.75) is 5.37 Å². The molecule has 6 nitrogen and oxygen atoms in total. The fourth-order valence-corrected chi connectivity index (χ4v) is 2.59. The van der Waals surface area contributed by atoms with Crippen molar-refractivity contribution in [1.82, 2.24) is 9.21 Å². The second-order valence-electron chi connectivity index (χ2n) is 3.09. The maximum atomic E-state index is 11.5. The van der Waals surface area contributed by atoms with Crippen LogP contribution in [-0.4, -0.2) is 61.3 Å². The normalized spacial score (nSPS) is 27.6. The quantitative estimate of drug-likeness (QED) is 0.575. The van der Waals surface area contributed by atoms with Crippen LogP contribution < -0.4 is 0 Å². The Morgan fingerprint density at radius 1 is 1.69 bits per heavy atom. The third kappa shape index (κ3) is 2.17. The van der Waals surface area contributed by atoms with Crippen LogP contribution in [0.1, 0.15) is 0 Å². The first-order chi connectivity index (χ1) is 5.85. The number of sulfonamides is 1. The average molecular weight is 208 g/mol. The van der Waals surface area contributed by atoms with E-state index in [1.165, 1.54) is 7.05 Å². The van der Waals surface area contributed by atoms with E-state index in [2.05, 4.69) is 0 Å². The second kappa shape index (κ2) is 3.24. The highest BCUT2D eigenvalue weighted by atomic mass is 32.2. The lowest BCUT2D eigenvalue weighted by Gasteiger charge is -2.13. The van der Waals surface area contributed by atoms with Crippen molar-refractivity contribution in [2.75, 3.05) is 27.2 Å². The van der Waals surface area contributed by atoms with E-state index in [-0.39, 0.29) is 0 Å². The molecule has 76 valence electrons. The summed E-state index contributed by atoms with van der Waals surface area (Å²) in [5.74, 6) is -1.14. The molecular formula is C6H12N2O4S. The van der Waals surface area contributed by atoms with Gasteiger partial charge in [-0.3, -0.25) is 9.69 Å². The van der Waals surface area contributed by atoms with Gasteiger partial charge < -0.3 is 5.11 Å². The molecule has 1 fully saturated rings. The Hall–Kier alpha value is -0.660. The molecule has 1 aliphatic rings. The average Bonchev–Trinajstić information content (AvgIpc) is 2.65. The number of hydrogen-bond acceptors (Lipinski definition) is 4. The molecule has 0 aromatic heterocycles. The van der Waals surface area contributed by atoms with Crippen molar-refractivity contribution < 1.29 is 18.3 Å². The van der Waals surface area contributed by atoms with Gasteiger partial charge in [-0.15, -0.1) is 0 Å². The summed E-state index contributed by atoms with van der Waals surface area (Å²) < 4.78 is 23.8. The van der Waals surface area contributed by atoms with Gasteiger partial charge in [0, 0.05) is 13.6 Å².